The molecule has 0 spiro atoms. The van der Waals surface area contributed by atoms with Gasteiger partial charge in [0, 0.05) is 18.5 Å². The van der Waals surface area contributed by atoms with Crippen LogP contribution in [-0.2, 0) is 16.1 Å². The van der Waals surface area contributed by atoms with Crippen molar-refractivity contribution in [2.75, 3.05) is 13.7 Å². The molecule has 1 fully saturated rings. The summed E-state index contributed by atoms with van der Waals surface area (Å²) >= 11 is 0. The number of methoxy groups -OCH3 is 1. The predicted octanol–water partition coefficient (Wildman–Crippen LogP) is 2.34. The van der Waals surface area contributed by atoms with Crippen molar-refractivity contribution in [2.24, 2.45) is 0 Å². The van der Waals surface area contributed by atoms with Crippen molar-refractivity contribution in [1.82, 2.24) is 10.6 Å². The molecule has 1 aliphatic rings. The molecular weight excluding hydrogens is 339 g/mol. The summed E-state index contributed by atoms with van der Waals surface area (Å²) in [6, 6.07) is 12.7. The van der Waals surface area contributed by atoms with Crippen LogP contribution < -0.4 is 15.4 Å². The minimum atomic E-state index is -0.902. The molecule has 136 valence electrons. The molecule has 0 aliphatic carbocycles. The monoisotopic (exact) mass is 358 g/mol. The number of nitrogens with one attached hydrogen (secondary N) is 2. The van der Waals surface area contributed by atoms with E-state index in [1.54, 1.807) is 12.1 Å². The van der Waals surface area contributed by atoms with Crippen LogP contribution in [0.5, 0.6) is 5.75 Å². The van der Waals surface area contributed by atoms with Crippen LogP contribution in [0.2, 0.25) is 0 Å². The summed E-state index contributed by atoms with van der Waals surface area (Å²) in [4.78, 5) is 24.1. The summed E-state index contributed by atoms with van der Waals surface area (Å²) in [5, 5.41) is 5.18. The quantitative estimate of drug-likeness (QED) is 0.860. The van der Waals surface area contributed by atoms with Gasteiger partial charge in [-0.15, -0.1) is 0 Å². The smallest absolute Gasteiger partial charge is 0.408 e. The van der Waals surface area contributed by atoms with E-state index in [0.29, 0.717) is 11.3 Å². The van der Waals surface area contributed by atoms with Crippen molar-refractivity contribution in [1.29, 1.82) is 0 Å². The summed E-state index contributed by atoms with van der Waals surface area (Å²) in [7, 11) is 1.45. The van der Waals surface area contributed by atoms with Crippen LogP contribution in [-0.4, -0.2) is 31.7 Å². The van der Waals surface area contributed by atoms with Gasteiger partial charge in [-0.25, -0.2) is 9.18 Å². The number of benzene rings is 2. The van der Waals surface area contributed by atoms with Crippen LogP contribution in [0.25, 0.3) is 0 Å². The second kappa shape index (κ2) is 7.86. The average molecular weight is 358 g/mol. The molecule has 2 amide bonds. The Labute approximate surface area is 150 Å². The van der Waals surface area contributed by atoms with Crippen molar-refractivity contribution >= 4 is 12.0 Å². The highest BCUT2D eigenvalue weighted by molar-refractivity contribution is 5.89. The maximum absolute atomic E-state index is 14.3. The van der Waals surface area contributed by atoms with Crippen LogP contribution in [0.15, 0.2) is 48.5 Å². The Balaban J connectivity index is 1.67. The SMILES string of the molecule is COc1ccc(C2CNC(=O)C2NC(=O)OCc2ccccc2)c(F)c1. The van der Waals surface area contributed by atoms with E-state index in [1.165, 1.54) is 13.2 Å². The number of rotatable bonds is 5. The lowest BCUT2D eigenvalue weighted by Crippen LogP contribution is -2.43. The van der Waals surface area contributed by atoms with Crippen LogP contribution in [0.4, 0.5) is 9.18 Å². The Morgan fingerprint density at radius 1 is 1.27 bits per heavy atom. The zero-order valence-electron chi connectivity index (χ0n) is 14.2. The molecular formula is C19H19FN2O4. The van der Waals surface area contributed by atoms with Crippen molar-refractivity contribution in [3.05, 3.63) is 65.5 Å². The third-order valence-electron chi connectivity index (χ3n) is 4.27. The van der Waals surface area contributed by atoms with Crippen molar-refractivity contribution < 1.29 is 23.5 Å². The Bertz CT molecular complexity index is 797. The molecule has 1 aliphatic heterocycles. The van der Waals surface area contributed by atoms with Gasteiger partial charge in [0.05, 0.1) is 7.11 Å². The highest BCUT2D eigenvalue weighted by Gasteiger charge is 2.38. The van der Waals surface area contributed by atoms with E-state index in [9.17, 15) is 14.0 Å². The zero-order valence-corrected chi connectivity index (χ0v) is 14.2. The van der Waals surface area contributed by atoms with E-state index in [1.807, 2.05) is 30.3 Å². The molecule has 2 aromatic carbocycles. The van der Waals surface area contributed by atoms with Gasteiger partial charge in [-0.3, -0.25) is 4.79 Å². The second-order valence-electron chi connectivity index (χ2n) is 5.92. The molecule has 2 aromatic rings. The fraction of sp³-hybridized carbons (Fsp3) is 0.263. The predicted molar refractivity (Wildman–Crippen MR) is 92.3 cm³/mol. The van der Waals surface area contributed by atoms with E-state index in [0.717, 1.165) is 5.56 Å². The highest BCUT2D eigenvalue weighted by Crippen LogP contribution is 2.28. The summed E-state index contributed by atoms with van der Waals surface area (Å²) < 4.78 is 24.5. The maximum Gasteiger partial charge on any atom is 0.408 e. The number of halogens is 1. The molecule has 0 bridgehead atoms. The molecule has 2 atom stereocenters. The van der Waals surface area contributed by atoms with Crippen molar-refractivity contribution in [3.8, 4) is 5.75 Å². The number of amides is 2. The molecule has 2 unspecified atom stereocenters. The topological polar surface area (TPSA) is 76.7 Å². The second-order valence-corrected chi connectivity index (χ2v) is 5.92. The number of alkyl carbamates (subject to hydrolysis) is 1. The summed E-state index contributed by atoms with van der Waals surface area (Å²) in [6.07, 6.45) is -0.727. The van der Waals surface area contributed by atoms with Crippen molar-refractivity contribution in [2.45, 2.75) is 18.6 Å². The van der Waals surface area contributed by atoms with Gasteiger partial charge in [-0.1, -0.05) is 36.4 Å². The van der Waals surface area contributed by atoms with Crippen LogP contribution in [0.3, 0.4) is 0 Å². The van der Waals surface area contributed by atoms with Gasteiger partial charge in [-0.2, -0.15) is 0 Å². The van der Waals surface area contributed by atoms with Gasteiger partial charge in [0.2, 0.25) is 5.91 Å². The van der Waals surface area contributed by atoms with E-state index in [2.05, 4.69) is 10.6 Å². The third kappa shape index (κ3) is 3.93. The fourth-order valence-electron chi connectivity index (χ4n) is 2.90. The van der Waals surface area contributed by atoms with Gasteiger partial charge in [0.25, 0.3) is 0 Å². The van der Waals surface area contributed by atoms with E-state index in [-0.39, 0.29) is 19.1 Å². The molecule has 3 rings (SSSR count). The summed E-state index contributed by atoms with van der Waals surface area (Å²) in [6.45, 7) is 0.314. The lowest BCUT2D eigenvalue weighted by Gasteiger charge is -2.19. The molecule has 6 nitrogen and oxygen atoms in total. The number of carbonyl (C=O) groups excluding carboxylic acids is 2. The van der Waals surface area contributed by atoms with Gasteiger partial charge in [-0.05, 0) is 17.2 Å². The zero-order chi connectivity index (χ0) is 18.5. The van der Waals surface area contributed by atoms with E-state index < -0.39 is 23.9 Å². The minimum absolute atomic E-state index is 0.0859. The first kappa shape index (κ1) is 17.7. The standard InChI is InChI=1S/C19H19FN2O4/c1-25-13-7-8-14(16(20)9-13)15-10-21-18(23)17(15)22-19(24)26-11-12-5-3-2-4-6-12/h2-9,15,17H,10-11H2,1H3,(H,21,23)(H,22,24). The molecule has 0 aromatic heterocycles. The molecule has 26 heavy (non-hydrogen) atoms. The first-order valence-corrected chi connectivity index (χ1v) is 8.17. The Morgan fingerprint density at radius 2 is 2.04 bits per heavy atom. The lowest BCUT2D eigenvalue weighted by molar-refractivity contribution is -0.120. The van der Waals surface area contributed by atoms with Crippen LogP contribution in [0, 0.1) is 5.82 Å². The summed E-state index contributed by atoms with van der Waals surface area (Å²) in [5.41, 5.74) is 1.16. The fourth-order valence-corrected chi connectivity index (χ4v) is 2.90. The first-order chi connectivity index (χ1) is 12.6. The highest BCUT2D eigenvalue weighted by atomic mass is 19.1. The number of ether oxygens (including phenoxy) is 2. The normalized spacial score (nSPS) is 18.9. The molecule has 7 heteroatoms. The molecule has 0 radical (unpaired) electrons. The van der Waals surface area contributed by atoms with Gasteiger partial charge < -0.3 is 20.1 Å². The largest absolute Gasteiger partial charge is 0.497 e. The third-order valence-corrected chi connectivity index (χ3v) is 4.27. The molecule has 0 saturated carbocycles. The van der Waals surface area contributed by atoms with Crippen molar-refractivity contribution in [3.63, 3.8) is 0 Å². The first-order valence-electron chi connectivity index (χ1n) is 8.17. The average Bonchev–Trinajstić information content (AvgIpc) is 3.01. The Morgan fingerprint density at radius 3 is 2.73 bits per heavy atom. The summed E-state index contributed by atoms with van der Waals surface area (Å²) in [5.74, 6) is -1.01. The number of carbonyl (C=O) groups is 2. The lowest BCUT2D eigenvalue weighted by atomic mass is 9.93. The van der Waals surface area contributed by atoms with E-state index >= 15 is 0 Å². The molecule has 1 heterocycles. The Hall–Kier alpha value is -3.09. The maximum atomic E-state index is 14.3. The molecule has 1 saturated heterocycles. The van der Waals surface area contributed by atoms with Gasteiger partial charge >= 0.3 is 6.09 Å². The number of hydrogen-bond acceptors (Lipinski definition) is 4. The minimum Gasteiger partial charge on any atom is -0.497 e. The number of hydrogen-bond donors (Lipinski definition) is 2. The Kier molecular flexibility index (Phi) is 5.36. The van der Waals surface area contributed by atoms with E-state index in [4.69, 9.17) is 9.47 Å². The van der Waals surface area contributed by atoms with Crippen LogP contribution >= 0.6 is 0 Å². The van der Waals surface area contributed by atoms with Crippen LogP contribution in [0.1, 0.15) is 17.0 Å². The molecule has 2 N–H and O–H groups in total. The van der Waals surface area contributed by atoms with Gasteiger partial charge in [0.1, 0.15) is 24.2 Å². The van der Waals surface area contributed by atoms with Gasteiger partial charge in [0.15, 0.2) is 0 Å².